The number of carbonyl (C=O) groups is 2. The summed E-state index contributed by atoms with van der Waals surface area (Å²) >= 11 is 0. The monoisotopic (exact) mass is 363 g/mol. The number of benzene rings is 2. The highest BCUT2D eigenvalue weighted by Gasteiger charge is 2.23. The van der Waals surface area contributed by atoms with Gasteiger partial charge in [-0.25, -0.2) is 0 Å². The fourth-order valence-corrected chi connectivity index (χ4v) is 2.77. The zero-order valence-electron chi connectivity index (χ0n) is 14.9. The number of carbonyl (C=O) groups excluding carboxylic acids is 2. The minimum Gasteiger partial charge on any atom is -0.394 e. The van der Waals surface area contributed by atoms with Crippen LogP contribution in [0.3, 0.4) is 0 Å². The molecule has 0 fully saturated rings. The third kappa shape index (κ3) is 4.48. The molecule has 2 amide bonds. The SMILES string of the molecule is CC(C(=O)N[C@@H](CO)C(=O)Nc1ccc2ncccc2c1)c1ccccc1. The molecule has 0 radical (unpaired) electrons. The molecule has 3 N–H and O–H groups in total. The van der Waals surface area contributed by atoms with Gasteiger partial charge in [-0.1, -0.05) is 36.4 Å². The molecular weight excluding hydrogens is 342 g/mol. The lowest BCUT2D eigenvalue weighted by Gasteiger charge is -2.19. The fourth-order valence-electron chi connectivity index (χ4n) is 2.77. The third-order valence-corrected chi connectivity index (χ3v) is 4.38. The molecule has 2 atom stereocenters. The van der Waals surface area contributed by atoms with Crippen molar-refractivity contribution in [3.05, 3.63) is 72.4 Å². The molecule has 1 unspecified atom stereocenters. The van der Waals surface area contributed by atoms with Gasteiger partial charge in [0.15, 0.2) is 0 Å². The number of rotatable bonds is 6. The first-order chi connectivity index (χ1) is 13.1. The van der Waals surface area contributed by atoms with Crippen LogP contribution in [0.4, 0.5) is 5.69 Å². The van der Waals surface area contributed by atoms with E-state index in [1.165, 1.54) is 0 Å². The van der Waals surface area contributed by atoms with E-state index in [1.54, 1.807) is 31.3 Å². The summed E-state index contributed by atoms with van der Waals surface area (Å²) in [6, 6.07) is 17.3. The van der Waals surface area contributed by atoms with Gasteiger partial charge in [-0.3, -0.25) is 14.6 Å². The number of hydrogen-bond donors (Lipinski definition) is 3. The summed E-state index contributed by atoms with van der Waals surface area (Å²) in [7, 11) is 0. The van der Waals surface area contributed by atoms with Gasteiger partial charge in [0.25, 0.3) is 0 Å². The minimum absolute atomic E-state index is 0.321. The summed E-state index contributed by atoms with van der Waals surface area (Å²) in [5.74, 6) is -1.23. The molecule has 27 heavy (non-hydrogen) atoms. The number of aliphatic hydroxyl groups is 1. The summed E-state index contributed by atoms with van der Waals surface area (Å²) in [5, 5.41) is 15.8. The van der Waals surface area contributed by atoms with Crippen LogP contribution < -0.4 is 10.6 Å². The number of aromatic nitrogens is 1. The van der Waals surface area contributed by atoms with Crippen molar-refractivity contribution in [2.45, 2.75) is 18.9 Å². The van der Waals surface area contributed by atoms with Gasteiger partial charge in [-0.2, -0.15) is 0 Å². The van der Waals surface area contributed by atoms with Crippen LogP contribution in [0.1, 0.15) is 18.4 Å². The molecule has 138 valence electrons. The molecule has 0 spiro atoms. The van der Waals surface area contributed by atoms with Gasteiger partial charge in [0.2, 0.25) is 11.8 Å². The Morgan fingerprint density at radius 2 is 1.81 bits per heavy atom. The molecule has 1 heterocycles. The fraction of sp³-hybridized carbons (Fsp3) is 0.190. The molecule has 3 aromatic rings. The van der Waals surface area contributed by atoms with Gasteiger partial charge >= 0.3 is 0 Å². The Labute approximate surface area is 157 Å². The van der Waals surface area contributed by atoms with Crippen molar-refractivity contribution < 1.29 is 14.7 Å². The van der Waals surface area contributed by atoms with E-state index in [9.17, 15) is 14.7 Å². The second-order valence-corrected chi connectivity index (χ2v) is 6.28. The van der Waals surface area contributed by atoms with Crippen LogP contribution in [0, 0.1) is 0 Å². The minimum atomic E-state index is -1.03. The molecule has 3 rings (SSSR count). The number of anilines is 1. The molecule has 6 nitrogen and oxygen atoms in total. The van der Waals surface area contributed by atoms with Crippen LogP contribution in [0.5, 0.6) is 0 Å². The van der Waals surface area contributed by atoms with Gasteiger partial charge in [0, 0.05) is 17.3 Å². The lowest BCUT2D eigenvalue weighted by molar-refractivity contribution is -0.128. The van der Waals surface area contributed by atoms with E-state index in [1.807, 2.05) is 42.5 Å². The highest BCUT2D eigenvalue weighted by Crippen LogP contribution is 2.18. The maximum atomic E-state index is 12.5. The predicted octanol–water partition coefficient (Wildman–Crippen LogP) is 2.45. The first-order valence-electron chi connectivity index (χ1n) is 8.70. The van der Waals surface area contributed by atoms with E-state index in [0.717, 1.165) is 16.5 Å². The van der Waals surface area contributed by atoms with Crippen LogP contribution in [-0.2, 0) is 9.59 Å². The maximum Gasteiger partial charge on any atom is 0.249 e. The average molecular weight is 363 g/mol. The molecule has 2 aromatic carbocycles. The lowest BCUT2D eigenvalue weighted by atomic mass is 10.00. The Morgan fingerprint density at radius 3 is 2.56 bits per heavy atom. The van der Waals surface area contributed by atoms with Gasteiger partial charge in [-0.15, -0.1) is 0 Å². The summed E-state index contributed by atoms with van der Waals surface area (Å²) in [6.45, 7) is 1.27. The van der Waals surface area contributed by atoms with Crippen LogP contribution >= 0.6 is 0 Å². The van der Waals surface area contributed by atoms with E-state index in [4.69, 9.17) is 0 Å². The average Bonchev–Trinajstić information content (AvgIpc) is 2.71. The first-order valence-corrected chi connectivity index (χ1v) is 8.70. The van der Waals surface area contributed by atoms with Crippen molar-refractivity contribution in [2.24, 2.45) is 0 Å². The maximum absolute atomic E-state index is 12.5. The van der Waals surface area contributed by atoms with E-state index in [2.05, 4.69) is 15.6 Å². The first kappa shape index (κ1) is 18.5. The smallest absolute Gasteiger partial charge is 0.249 e. The molecule has 0 saturated heterocycles. The van der Waals surface area contributed by atoms with Gasteiger partial charge in [0.1, 0.15) is 6.04 Å². The topological polar surface area (TPSA) is 91.3 Å². The highest BCUT2D eigenvalue weighted by atomic mass is 16.3. The Bertz CT molecular complexity index is 944. The van der Waals surface area contributed by atoms with Crippen LogP contribution in [0.15, 0.2) is 66.9 Å². The Kier molecular flexibility index (Phi) is 5.78. The summed E-state index contributed by atoms with van der Waals surface area (Å²) in [5.41, 5.74) is 2.23. The van der Waals surface area contributed by atoms with E-state index >= 15 is 0 Å². The third-order valence-electron chi connectivity index (χ3n) is 4.38. The van der Waals surface area contributed by atoms with Gasteiger partial charge < -0.3 is 15.7 Å². The normalized spacial score (nSPS) is 13.0. The second kappa shape index (κ2) is 8.42. The molecule has 0 aliphatic rings. The summed E-state index contributed by atoms with van der Waals surface area (Å²) < 4.78 is 0. The standard InChI is InChI=1S/C21H21N3O3/c1-14(15-6-3-2-4-7-15)20(26)24-19(13-25)21(27)23-17-9-10-18-16(12-17)8-5-11-22-18/h2-12,14,19,25H,13H2,1H3,(H,23,27)(H,24,26)/t14?,19-/m0/s1. The predicted molar refractivity (Wildman–Crippen MR) is 104 cm³/mol. The summed E-state index contributed by atoms with van der Waals surface area (Å²) in [4.78, 5) is 29.1. The lowest BCUT2D eigenvalue weighted by Crippen LogP contribution is -2.47. The van der Waals surface area contributed by atoms with E-state index in [-0.39, 0.29) is 5.91 Å². The number of fused-ring (bicyclic) bond motifs is 1. The van der Waals surface area contributed by atoms with Crippen LogP contribution in [0.25, 0.3) is 10.9 Å². The molecular formula is C21H21N3O3. The molecule has 0 bridgehead atoms. The Hall–Kier alpha value is -3.25. The molecule has 0 saturated carbocycles. The van der Waals surface area contributed by atoms with Crippen molar-refractivity contribution in [3.63, 3.8) is 0 Å². The van der Waals surface area contributed by atoms with Crippen molar-refractivity contribution in [1.29, 1.82) is 0 Å². The van der Waals surface area contributed by atoms with Crippen molar-refractivity contribution in [1.82, 2.24) is 10.3 Å². The van der Waals surface area contributed by atoms with E-state index < -0.39 is 24.5 Å². The highest BCUT2D eigenvalue weighted by molar-refractivity contribution is 5.99. The number of amides is 2. The number of nitrogens with one attached hydrogen (secondary N) is 2. The molecule has 1 aromatic heterocycles. The number of pyridine rings is 1. The Morgan fingerprint density at radius 1 is 1.04 bits per heavy atom. The van der Waals surface area contributed by atoms with E-state index in [0.29, 0.717) is 5.69 Å². The second-order valence-electron chi connectivity index (χ2n) is 6.28. The quantitative estimate of drug-likeness (QED) is 0.627. The Balaban J connectivity index is 1.67. The molecule has 6 heteroatoms. The van der Waals surface area contributed by atoms with Crippen molar-refractivity contribution >= 4 is 28.4 Å². The summed E-state index contributed by atoms with van der Waals surface area (Å²) in [6.07, 6.45) is 1.70. The molecule has 0 aliphatic heterocycles. The van der Waals surface area contributed by atoms with Gasteiger partial charge in [0.05, 0.1) is 18.0 Å². The largest absolute Gasteiger partial charge is 0.394 e. The van der Waals surface area contributed by atoms with Crippen LogP contribution in [-0.4, -0.2) is 34.6 Å². The van der Waals surface area contributed by atoms with Crippen LogP contribution in [0.2, 0.25) is 0 Å². The zero-order valence-corrected chi connectivity index (χ0v) is 14.9. The zero-order chi connectivity index (χ0) is 19.2. The number of hydrogen-bond acceptors (Lipinski definition) is 4. The van der Waals surface area contributed by atoms with Crippen molar-refractivity contribution in [2.75, 3.05) is 11.9 Å². The van der Waals surface area contributed by atoms with Gasteiger partial charge in [-0.05, 0) is 36.8 Å². The number of aliphatic hydroxyl groups excluding tert-OH is 1. The molecule has 0 aliphatic carbocycles. The van der Waals surface area contributed by atoms with Crippen molar-refractivity contribution in [3.8, 4) is 0 Å². The number of nitrogens with zero attached hydrogens (tertiary/aromatic N) is 1.